The Labute approximate surface area is 109 Å². The van der Waals surface area contributed by atoms with Crippen molar-refractivity contribution in [3.8, 4) is 0 Å². The van der Waals surface area contributed by atoms with Crippen molar-refractivity contribution in [2.75, 3.05) is 6.16 Å². The molecule has 0 fully saturated rings. The topological polar surface area (TPSA) is 37.3 Å². The fourth-order valence-corrected chi connectivity index (χ4v) is 1.52. The van der Waals surface area contributed by atoms with Gasteiger partial charge >= 0.3 is 8.03 Å². The van der Waals surface area contributed by atoms with Crippen molar-refractivity contribution in [1.29, 1.82) is 0 Å². The molecule has 0 saturated heterocycles. The van der Waals surface area contributed by atoms with Crippen LogP contribution in [0.15, 0.2) is 0 Å². The van der Waals surface area contributed by atoms with Gasteiger partial charge in [-0.2, -0.15) is 4.89 Å². The summed E-state index contributed by atoms with van der Waals surface area (Å²) in [6.07, 6.45) is 7.56. The summed E-state index contributed by atoms with van der Waals surface area (Å²) in [6, 6.07) is 0. The first-order valence-electron chi connectivity index (χ1n) is 4.41. The summed E-state index contributed by atoms with van der Waals surface area (Å²) in [4.78, 5) is 8.46. The predicted octanol–water partition coefficient (Wildman–Crippen LogP) is 3.08. The van der Waals surface area contributed by atoms with E-state index in [1.807, 2.05) is 0 Å². The fraction of sp³-hybridized carbons (Fsp3) is 1.00. The van der Waals surface area contributed by atoms with E-state index in [4.69, 9.17) is 4.89 Å². The van der Waals surface area contributed by atoms with Crippen molar-refractivity contribution in [3.63, 3.8) is 0 Å². The minimum absolute atomic E-state index is 0. The van der Waals surface area contributed by atoms with Crippen LogP contribution >= 0.6 is 8.03 Å². The molecule has 0 bridgehead atoms. The molecule has 0 aromatic heterocycles. The predicted molar refractivity (Wildman–Crippen MR) is 48.1 cm³/mol. The Morgan fingerprint density at radius 2 is 1.58 bits per heavy atom. The molecule has 1 N–H and O–H groups in total. The van der Waals surface area contributed by atoms with E-state index in [-0.39, 0.29) is 40.8 Å². The Hall–Kier alpha value is 1.41. The molecule has 0 aliphatic carbocycles. The minimum atomic E-state index is -1.87. The molecule has 0 aliphatic heterocycles. The fourth-order valence-electron chi connectivity index (χ4n) is 1.03. The molecule has 4 heteroatoms. The number of unbranched alkanes of at least 4 members (excludes halogenated alkanes) is 5. The van der Waals surface area contributed by atoms with Crippen LogP contribution in [-0.4, -0.2) is 11.1 Å². The van der Waals surface area contributed by atoms with Gasteiger partial charge in [-0.3, -0.25) is 0 Å². The van der Waals surface area contributed by atoms with Crippen molar-refractivity contribution < 1.29 is 50.3 Å². The first kappa shape index (κ1) is 15.9. The largest absolute Gasteiger partial charge is 0.505 e. The van der Waals surface area contributed by atoms with E-state index in [0.717, 1.165) is 12.8 Å². The number of hydrogen-bond donors (Lipinski definition) is 1. The molecule has 0 saturated carbocycles. The van der Waals surface area contributed by atoms with Crippen molar-refractivity contribution in [2.24, 2.45) is 0 Å². The van der Waals surface area contributed by atoms with Crippen LogP contribution in [0.3, 0.4) is 0 Å². The summed E-state index contributed by atoms with van der Waals surface area (Å²) in [7, 11) is -1.87. The Bertz CT molecular complexity index is 109. The van der Waals surface area contributed by atoms with E-state index in [1.165, 1.54) is 25.7 Å². The first-order chi connectivity index (χ1) is 5.27. The summed E-state index contributed by atoms with van der Waals surface area (Å²) < 4.78 is 10.2. The Kier molecular flexibility index (Phi) is 16.4. The third-order valence-corrected chi connectivity index (χ3v) is 2.40. The smallest absolute Gasteiger partial charge is 0.161 e. The van der Waals surface area contributed by atoms with Crippen molar-refractivity contribution in [2.45, 2.75) is 45.4 Å². The molecule has 0 heterocycles. The van der Waals surface area contributed by atoms with Crippen LogP contribution in [-0.2, 0) is 4.57 Å². The number of hydrogen-bond acceptors (Lipinski definition) is 1. The maximum atomic E-state index is 10.2. The molecular weight excluding hydrogens is 303 g/mol. The standard InChI is InChI=1S/C8H17O2P.Nd/c1-2-3-4-5-6-7-8-11(9)10;/h2-8H2,1H3;/p+1. The van der Waals surface area contributed by atoms with Gasteiger partial charge in [0.05, 0.1) is 0 Å². The van der Waals surface area contributed by atoms with Crippen LogP contribution in [0.5, 0.6) is 0 Å². The molecule has 0 aliphatic rings. The summed E-state index contributed by atoms with van der Waals surface area (Å²) in [5.41, 5.74) is 0. The molecule has 12 heavy (non-hydrogen) atoms. The third-order valence-electron chi connectivity index (χ3n) is 1.70. The quantitative estimate of drug-likeness (QED) is 0.578. The summed E-state index contributed by atoms with van der Waals surface area (Å²) in [6.45, 7) is 2.19. The Morgan fingerprint density at radius 3 is 2.08 bits per heavy atom. The van der Waals surface area contributed by atoms with Crippen molar-refractivity contribution >= 4 is 8.03 Å². The van der Waals surface area contributed by atoms with Crippen LogP contribution in [0, 0.1) is 40.8 Å². The average molecular weight is 321 g/mol. The van der Waals surface area contributed by atoms with E-state index >= 15 is 0 Å². The van der Waals surface area contributed by atoms with Crippen LogP contribution in [0.1, 0.15) is 45.4 Å². The van der Waals surface area contributed by atoms with Gasteiger partial charge < -0.3 is 0 Å². The monoisotopic (exact) mass is 319 g/mol. The third kappa shape index (κ3) is 14.0. The molecule has 0 aromatic carbocycles. The van der Waals surface area contributed by atoms with E-state index in [1.54, 1.807) is 0 Å². The molecule has 1 atom stereocenters. The van der Waals surface area contributed by atoms with Gasteiger partial charge in [-0.15, -0.1) is 0 Å². The first-order valence-corrected chi connectivity index (χ1v) is 5.80. The van der Waals surface area contributed by atoms with Gasteiger partial charge in [0.15, 0.2) is 6.16 Å². The zero-order chi connectivity index (χ0) is 8.53. The van der Waals surface area contributed by atoms with Crippen molar-refractivity contribution in [1.82, 2.24) is 0 Å². The van der Waals surface area contributed by atoms with Gasteiger partial charge in [0, 0.05) is 40.8 Å². The summed E-state index contributed by atoms with van der Waals surface area (Å²) >= 11 is 0. The zero-order valence-corrected chi connectivity index (χ0v) is 11.9. The molecule has 0 spiro atoms. The van der Waals surface area contributed by atoms with Gasteiger partial charge in [-0.25, -0.2) is 0 Å². The maximum Gasteiger partial charge on any atom is 0.505 e. The van der Waals surface area contributed by atoms with E-state index in [2.05, 4.69) is 6.92 Å². The second kappa shape index (κ2) is 12.4. The molecule has 0 rings (SSSR count). The van der Waals surface area contributed by atoms with Crippen LogP contribution in [0.4, 0.5) is 0 Å². The second-order valence-corrected chi connectivity index (χ2v) is 4.00. The van der Waals surface area contributed by atoms with E-state index in [9.17, 15) is 4.57 Å². The molecule has 2 nitrogen and oxygen atoms in total. The second-order valence-electron chi connectivity index (χ2n) is 2.84. The molecule has 0 radical (unpaired) electrons. The van der Waals surface area contributed by atoms with Gasteiger partial charge in [0.1, 0.15) is 0 Å². The SMILES string of the molecule is CCCCCCCC[P+](=O)O.[Nd]. The molecule has 1 unspecified atom stereocenters. The van der Waals surface area contributed by atoms with Crippen molar-refractivity contribution in [3.05, 3.63) is 0 Å². The average Bonchev–Trinajstić information content (AvgIpc) is 1.96. The van der Waals surface area contributed by atoms with Gasteiger partial charge in [0.25, 0.3) is 0 Å². The summed E-state index contributed by atoms with van der Waals surface area (Å²) in [5, 5.41) is 0. The van der Waals surface area contributed by atoms with Gasteiger partial charge in [-0.1, -0.05) is 32.6 Å². The molecule has 70 valence electrons. The van der Waals surface area contributed by atoms with Crippen LogP contribution in [0.2, 0.25) is 0 Å². The number of rotatable bonds is 7. The van der Waals surface area contributed by atoms with Crippen LogP contribution < -0.4 is 0 Å². The van der Waals surface area contributed by atoms with E-state index < -0.39 is 8.03 Å². The Morgan fingerprint density at radius 1 is 1.08 bits per heavy atom. The summed E-state index contributed by atoms with van der Waals surface area (Å²) in [5.74, 6) is 0. The minimum Gasteiger partial charge on any atom is -0.161 e. The molecular formula is C8H18NdO2P+. The van der Waals surface area contributed by atoms with Crippen LogP contribution in [0.25, 0.3) is 0 Å². The molecule has 0 amide bonds. The van der Waals surface area contributed by atoms with E-state index in [0.29, 0.717) is 6.16 Å². The Balaban J connectivity index is 0. The van der Waals surface area contributed by atoms with Gasteiger partial charge in [-0.05, 0) is 17.4 Å². The zero-order valence-electron chi connectivity index (χ0n) is 7.75. The molecule has 0 aromatic rings. The van der Waals surface area contributed by atoms with Gasteiger partial charge in [0.2, 0.25) is 0 Å². The maximum absolute atomic E-state index is 10.2. The normalized spacial score (nSPS) is 10.7.